The van der Waals surface area contributed by atoms with Crippen LogP contribution in [0.4, 0.5) is 5.82 Å². The second kappa shape index (κ2) is 6.90. The van der Waals surface area contributed by atoms with Crippen LogP contribution in [0.25, 0.3) is 0 Å². The molecule has 0 aliphatic carbocycles. The molecule has 5 heteroatoms. The number of aryl methyl sites for hydroxylation is 1. The quantitative estimate of drug-likeness (QED) is 0.618. The minimum absolute atomic E-state index is 0.514. The molecule has 0 amide bonds. The number of hydrogen-bond donors (Lipinski definition) is 1. The zero-order chi connectivity index (χ0) is 11.1. The van der Waals surface area contributed by atoms with E-state index in [1.54, 1.807) is 17.8 Å². The third kappa shape index (κ3) is 4.71. The average molecular weight is 246 g/mol. The summed E-state index contributed by atoms with van der Waals surface area (Å²) in [6.45, 7) is 3.01. The molecule has 0 aromatic carbocycles. The Morgan fingerprint density at radius 2 is 2.27 bits per heavy atom. The molecule has 0 saturated carbocycles. The van der Waals surface area contributed by atoms with Gasteiger partial charge in [-0.05, 0) is 12.7 Å². The summed E-state index contributed by atoms with van der Waals surface area (Å²) in [4.78, 5) is 8.54. The van der Waals surface area contributed by atoms with E-state index < -0.39 is 0 Å². The molecule has 1 aromatic rings. The minimum Gasteiger partial charge on any atom is -0.369 e. The Labute approximate surface area is 100 Å². The Balaban J connectivity index is 2.62. The van der Waals surface area contributed by atoms with Crippen LogP contribution >= 0.6 is 23.4 Å². The number of thioether (sulfide) groups is 1. The number of halogens is 1. The van der Waals surface area contributed by atoms with Gasteiger partial charge < -0.3 is 5.32 Å². The van der Waals surface area contributed by atoms with Gasteiger partial charge in [0, 0.05) is 24.8 Å². The van der Waals surface area contributed by atoms with E-state index in [9.17, 15) is 0 Å². The minimum atomic E-state index is 0.514. The average Bonchev–Trinajstić information content (AvgIpc) is 2.18. The highest BCUT2D eigenvalue weighted by atomic mass is 35.5. The highest BCUT2D eigenvalue weighted by Gasteiger charge is 2.01. The molecule has 0 unspecified atom stereocenters. The molecular formula is C10H16ClN3S. The predicted molar refractivity (Wildman–Crippen MR) is 67.9 cm³/mol. The Bertz CT molecular complexity index is 307. The van der Waals surface area contributed by atoms with Gasteiger partial charge in [-0.15, -0.1) is 0 Å². The van der Waals surface area contributed by atoms with Crippen molar-refractivity contribution >= 4 is 29.2 Å². The largest absolute Gasteiger partial charge is 0.369 e. The molecule has 0 aliphatic rings. The van der Waals surface area contributed by atoms with Gasteiger partial charge in [0.1, 0.15) is 16.8 Å². The molecule has 0 radical (unpaired) electrons. The van der Waals surface area contributed by atoms with E-state index in [4.69, 9.17) is 11.6 Å². The van der Waals surface area contributed by atoms with Gasteiger partial charge >= 0.3 is 0 Å². The summed E-state index contributed by atoms with van der Waals surface area (Å²) in [5.74, 6) is 2.70. The first kappa shape index (κ1) is 12.6. The fourth-order valence-corrected chi connectivity index (χ4v) is 1.68. The van der Waals surface area contributed by atoms with Crippen molar-refractivity contribution < 1.29 is 0 Å². The van der Waals surface area contributed by atoms with Crippen molar-refractivity contribution in [3.63, 3.8) is 0 Å². The summed E-state index contributed by atoms with van der Waals surface area (Å²) in [6.07, 6.45) is 3.99. The Kier molecular flexibility index (Phi) is 5.79. The summed E-state index contributed by atoms with van der Waals surface area (Å²) < 4.78 is 0. The third-order valence-electron chi connectivity index (χ3n) is 1.83. The molecule has 84 valence electrons. The number of nitrogens with zero attached hydrogens (tertiary/aromatic N) is 2. The standard InChI is InChI=1S/C10H16ClN3S/c1-3-4-9-13-8(11)7-10(14-9)12-5-6-15-2/h7H,3-6H2,1-2H3,(H,12,13,14). The van der Waals surface area contributed by atoms with Crippen molar-refractivity contribution in [2.24, 2.45) is 0 Å². The van der Waals surface area contributed by atoms with Crippen molar-refractivity contribution in [3.8, 4) is 0 Å². The van der Waals surface area contributed by atoms with E-state index in [1.807, 2.05) is 0 Å². The summed E-state index contributed by atoms with van der Waals surface area (Å²) in [5.41, 5.74) is 0. The Morgan fingerprint density at radius 3 is 2.93 bits per heavy atom. The molecule has 15 heavy (non-hydrogen) atoms. The number of anilines is 1. The van der Waals surface area contributed by atoms with E-state index >= 15 is 0 Å². The van der Waals surface area contributed by atoms with Crippen LogP contribution in [0.5, 0.6) is 0 Å². The lowest BCUT2D eigenvalue weighted by Gasteiger charge is -2.06. The summed E-state index contributed by atoms with van der Waals surface area (Å²) >= 11 is 7.70. The molecule has 1 aromatic heterocycles. The maximum atomic E-state index is 5.90. The summed E-state index contributed by atoms with van der Waals surface area (Å²) in [7, 11) is 0. The SMILES string of the molecule is CCCc1nc(Cl)cc(NCCSC)n1. The monoisotopic (exact) mass is 245 g/mol. The van der Waals surface area contributed by atoms with Crippen LogP contribution < -0.4 is 5.32 Å². The highest BCUT2D eigenvalue weighted by molar-refractivity contribution is 7.98. The molecule has 1 heterocycles. The lowest BCUT2D eigenvalue weighted by molar-refractivity contribution is 0.835. The smallest absolute Gasteiger partial charge is 0.134 e. The molecule has 0 aliphatic heterocycles. The van der Waals surface area contributed by atoms with Gasteiger partial charge in [-0.3, -0.25) is 0 Å². The van der Waals surface area contributed by atoms with Crippen molar-refractivity contribution in [2.45, 2.75) is 19.8 Å². The summed E-state index contributed by atoms with van der Waals surface area (Å²) in [5, 5.41) is 3.74. The maximum Gasteiger partial charge on any atom is 0.134 e. The van der Waals surface area contributed by atoms with E-state index in [-0.39, 0.29) is 0 Å². The number of rotatable bonds is 6. The van der Waals surface area contributed by atoms with Crippen LogP contribution in [-0.2, 0) is 6.42 Å². The number of aromatic nitrogens is 2. The first-order valence-electron chi connectivity index (χ1n) is 5.02. The van der Waals surface area contributed by atoms with Gasteiger partial charge in [-0.25, -0.2) is 9.97 Å². The van der Waals surface area contributed by atoms with Crippen LogP contribution in [0.1, 0.15) is 19.2 Å². The van der Waals surface area contributed by atoms with E-state index in [1.165, 1.54) is 0 Å². The van der Waals surface area contributed by atoms with Crippen LogP contribution in [-0.4, -0.2) is 28.5 Å². The zero-order valence-electron chi connectivity index (χ0n) is 9.09. The first-order valence-corrected chi connectivity index (χ1v) is 6.79. The van der Waals surface area contributed by atoms with Gasteiger partial charge in [-0.2, -0.15) is 11.8 Å². The summed E-state index contributed by atoms with van der Waals surface area (Å²) in [6, 6.07) is 1.76. The second-order valence-corrected chi connectivity index (χ2v) is 4.53. The topological polar surface area (TPSA) is 37.8 Å². The van der Waals surface area contributed by atoms with Crippen LogP contribution in [0, 0.1) is 0 Å². The van der Waals surface area contributed by atoms with Crippen LogP contribution in [0.3, 0.4) is 0 Å². The third-order valence-corrected chi connectivity index (χ3v) is 2.63. The normalized spacial score (nSPS) is 10.3. The van der Waals surface area contributed by atoms with Crippen molar-refractivity contribution in [1.82, 2.24) is 9.97 Å². The molecule has 0 bridgehead atoms. The fraction of sp³-hybridized carbons (Fsp3) is 0.600. The zero-order valence-corrected chi connectivity index (χ0v) is 10.7. The molecule has 0 saturated heterocycles. The van der Waals surface area contributed by atoms with E-state index in [0.717, 1.165) is 36.8 Å². The van der Waals surface area contributed by atoms with Crippen LogP contribution in [0.2, 0.25) is 5.15 Å². The highest BCUT2D eigenvalue weighted by Crippen LogP contribution is 2.12. The van der Waals surface area contributed by atoms with Gasteiger partial charge in [0.05, 0.1) is 0 Å². The Morgan fingerprint density at radius 1 is 1.47 bits per heavy atom. The van der Waals surface area contributed by atoms with E-state index in [0.29, 0.717) is 5.15 Å². The lowest BCUT2D eigenvalue weighted by Crippen LogP contribution is -2.07. The molecular weight excluding hydrogens is 230 g/mol. The van der Waals surface area contributed by atoms with Crippen molar-refractivity contribution in [1.29, 1.82) is 0 Å². The van der Waals surface area contributed by atoms with Crippen LogP contribution in [0.15, 0.2) is 6.07 Å². The van der Waals surface area contributed by atoms with E-state index in [2.05, 4.69) is 28.5 Å². The fourth-order valence-electron chi connectivity index (χ4n) is 1.17. The second-order valence-electron chi connectivity index (χ2n) is 3.16. The molecule has 0 atom stereocenters. The Hall–Kier alpha value is -0.480. The number of nitrogens with one attached hydrogen (secondary N) is 1. The first-order chi connectivity index (χ1) is 7.26. The molecule has 0 spiro atoms. The predicted octanol–water partition coefficient (Wildman–Crippen LogP) is 2.86. The van der Waals surface area contributed by atoms with Crippen molar-refractivity contribution in [3.05, 3.63) is 17.0 Å². The lowest BCUT2D eigenvalue weighted by atomic mass is 10.3. The van der Waals surface area contributed by atoms with Gasteiger partial charge in [0.25, 0.3) is 0 Å². The number of hydrogen-bond acceptors (Lipinski definition) is 4. The molecule has 0 fully saturated rings. The van der Waals surface area contributed by atoms with Gasteiger partial charge in [-0.1, -0.05) is 18.5 Å². The molecule has 1 rings (SSSR count). The molecule has 3 nitrogen and oxygen atoms in total. The molecule has 1 N–H and O–H groups in total. The van der Waals surface area contributed by atoms with Crippen molar-refractivity contribution in [2.75, 3.05) is 23.9 Å². The van der Waals surface area contributed by atoms with Gasteiger partial charge in [0.15, 0.2) is 0 Å². The maximum absolute atomic E-state index is 5.90. The van der Waals surface area contributed by atoms with Gasteiger partial charge in [0.2, 0.25) is 0 Å².